The minimum Gasteiger partial charge on any atom is -0.478 e. The van der Waals surface area contributed by atoms with Crippen LogP contribution in [0.1, 0.15) is 15.9 Å². The number of hydrogen-bond donors (Lipinski definition) is 2. The molecule has 0 amide bonds. The molecule has 3 N–H and O–H groups in total. The standard InChI is InChI=1S/C9H9F2NO2/c10-7-4-6(9(13)14)8(11)3-5(7)1-2-12/h3-4H,1-2,12H2,(H,13,14). The van der Waals surface area contributed by atoms with E-state index in [-0.39, 0.29) is 18.5 Å². The van der Waals surface area contributed by atoms with Gasteiger partial charge < -0.3 is 10.8 Å². The number of carboxylic acid groups (broad SMARTS) is 1. The van der Waals surface area contributed by atoms with Crippen molar-refractivity contribution < 1.29 is 18.7 Å². The zero-order valence-electron chi connectivity index (χ0n) is 7.26. The van der Waals surface area contributed by atoms with Crippen molar-refractivity contribution in [1.29, 1.82) is 0 Å². The second kappa shape index (κ2) is 4.15. The lowest BCUT2D eigenvalue weighted by molar-refractivity contribution is 0.0691. The average molecular weight is 201 g/mol. The molecular formula is C9H9F2NO2. The molecule has 0 aliphatic rings. The number of nitrogens with two attached hydrogens (primary N) is 1. The highest BCUT2D eigenvalue weighted by molar-refractivity contribution is 5.87. The lowest BCUT2D eigenvalue weighted by Gasteiger charge is -2.03. The molecule has 0 saturated carbocycles. The van der Waals surface area contributed by atoms with Gasteiger partial charge in [0.15, 0.2) is 0 Å². The van der Waals surface area contributed by atoms with E-state index in [1.54, 1.807) is 0 Å². The third-order valence-electron chi connectivity index (χ3n) is 1.78. The molecule has 14 heavy (non-hydrogen) atoms. The summed E-state index contributed by atoms with van der Waals surface area (Å²) in [6.07, 6.45) is 0.183. The van der Waals surface area contributed by atoms with Crippen molar-refractivity contribution in [2.75, 3.05) is 6.54 Å². The van der Waals surface area contributed by atoms with Crippen LogP contribution in [0.5, 0.6) is 0 Å². The van der Waals surface area contributed by atoms with Crippen LogP contribution in [0.4, 0.5) is 8.78 Å². The van der Waals surface area contributed by atoms with Gasteiger partial charge in [0.1, 0.15) is 11.6 Å². The predicted octanol–water partition coefficient (Wildman–Crippen LogP) is 1.16. The van der Waals surface area contributed by atoms with Crippen molar-refractivity contribution in [2.45, 2.75) is 6.42 Å². The van der Waals surface area contributed by atoms with E-state index >= 15 is 0 Å². The van der Waals surface area contributed by atoms with Crippen LogP contribution in [0.25, 0.3) is 0 Å². The number of aromatic carboxylic acids is 1. The first-order valence-electron chi connectivity index (χ1n) is 3.97. The van der Waals surface area contributed by atoms with Gasteiger partial charge in [0.2, 0.25) is 0 Å². The van der Waals surface area contributed by atoms with E-state index in [9.17, 15) is 13.6 Å². The third kappa shape index (κ3) is 2.05. The summed E-state index contributed by atoms with van der Waals surface area (Å²) >= 11 is 0. The molecule has 3 nitrogen and oxygen atoms in total. The molecule has 0 spiro atoms. The topological polar surface area (TPSA) is 63.3 Å². The minimum absolute atomic E-state index is 0.0926. The van der Waals surface area contributed by atoms with Gasteiger partial charge >= 0.3 is 5.97 Å². The molecule has 0 atom stereocenters. The Labute approximate surface area is 79.2 Å². The van der Waals surface area contributed by atoms with Crippen LogP contribution in [0.3, 0.4) is 0 Å². The molecule has 1 aromatic carbocycles. The molecule has 0 fully saturated rings. The smallest absolute Gasteiger partial charge is 0.338 e. The van der Waals surface area contributed by atoms with E-state index < -0.39 is 23.2 Å². The molecule has 0 saturated heterocycles. The average Bonchev–Trinajstić information content (AvgIpc) is 2.10. The Balaban J connectivity index is 3.17. The Bertz CT molecular complexity index is 366. The van der Waals surface area contributed by atoms with Gasteiger partial charge in [0.25, 0.3) is 0 Å². The van der Waals surface area contributed by atoms with Crippen molar-refractivity contribution in [3.8, 4) is 0 Å². The van der Waals surface area contributed by atoms with Crippen LogP contribution in [0.15, 0.2) is 12.1 Å². The van der Waals surface area contributed by atoms with Gasteiger partial charge in [-0.2, -0.15) is 0 Å². The van der Waals surface area contributed by atoms with E-state index in [1.165, 1.54) is 0 Å². The second-order valence-electron chi connectivity index (χ2n) is 2.77. The largest absolute Gasteiger partial charge is 0.478 e. The molecule has 1 aromatic rings. The summed E-state index contributed by atoms with van der Waals surface area (Å²) in [6.45, 7) is 0.183. The van der Waals surface area contributed by atoms with Gasteiger partial charge in [0.05, 0.1) is 5.56 Å². The van der Waals surface area contributed by atoms with Crippen LogP contribution < -0.4 is 5.73 Å². The predicted molar refractivity (Wildman–Crippen MR) is 46.1 cm³/mol. The first-order valence-corrected chi connectivity index (χ1v) is 3.97. The summed E-state index contributed by atoms with van der Waals surface area (Å²) in [7, 11) is 0. The Morgan fingerprint density at radius 2 is 2.00 bits per heavy atom. The van der Waals surface area contributed by atoms with E-state index in [4.69, 9.17) is 10.8 Å². The molecular weight excluding hydrogens is 192 g/mol. The molecule has 0 aliphatic carbocycles. The lowest BCUT2D eigenvalue weighted by atomic mass is 10.1. The van der Waals surface area contributed by atoms with E-state index in [0.29, 0.717) is 6.07 Å². The van der Waals surface area contributed by atoms with Gasteiger partial charge in [-0.15, -0.1) is 0 Å². The Morgan fingerprint density at radius 3 is 2.50 bits per heavy atom. The molecule has 1 rings (SSSR count). The highest BCUT2D eigenvalue weighted by Crippen LogP contribution is 2.15. The zero-order valence-corrected chi connectivity index (χ0v) is 7.26. The molecule has 0 heterocycles. The second-order valence-corrected chi connectivity index (χ2v) is 2.77. The number of rotatable bonds is 3. The highest BCUT2D eigenvalue weighted by atomic mass is 19.1. The zero-order chi connectivity index (χ0) is 10.7. The van der Waals surface area contributed by atoms with Gasteiger partial charge in [-0.3, -0.25) is 0 Å². The summed E-state index contributed by atoms with van der Waals surface area (Å²) in [5.74, 6) is -3.17. The maximum atomic E-state index is 13.1. The monoisotopic (exact) mass is 201 g/mol. The van der Waals surface area contributed by atoms with E-state index in [1.807, 2.05) is 0 Å². The van der Waals surface area contributed by atoms with Crippen LogP contribution in [-0.4, -0.2) is 17.6 Å². The lowest BCUT2D eigenvalue weighted by Crippen LogP contribution is -2.08. The highest BCUT2D eigenvalue weighted by Gasteiger charge is 2.14. The fraction of sp³-hybridized carbons (Fsp3) is 0.222. The van der Waals surface area contributed by atoms with E-state index in [2.05, 4.69) is 0 Å². The number of hydrogen-bond acceptors (Lipinski definition) is 2. The quantitative estimate of drug-likeness (QED) is 0.771. The molecule has 0 aromatic heterocycles. The molecule has 0 aliphatic heterocycles. The van der Waals surface area contributed by atoms with Crippen molar-refractivity contribution in [2.24, 2.45) is 5.73 Å². The van der Waals surface area contributed by atoms with Crippen molar-refractivity contribution in [3.05, 3.63) is 34.9 Å². The number of benzene rings is 1. The maximum absolute atomic E-state index is 13.1. The summed E-state index contributed by atoms with van der Waals surface area (Å²) in [6, 6.07) is 1.54. The molecule has 0 radical (unpaired) electrons. The Kier molecular flexibility index (Phi) is 3.14. The molecule has 76 valence electrons. The molecule has 0 bridgehead atoms. The van der Waals surface area contributed by atoms with Gasteiger partial charge in [-0.25, -0.2) is 13.6 Å². The normalized spacial score (nSPS) is 10.2. The van der Waals surface area contributed by atoms with Crippen molar-refractivity contribution >= 4 is 5.97 Å². The number of carboxylic acids is 1. The van der Waals surface area contributed by atoms with Crippen LogP contribution in [0.2, 0.25) is 0 Å². The molecule has 0 unspecified atom stereocenters. The van der Waals surface area contributed by atoms with Gasteiger partial charge in [0, 0.05) is 0 Å². The van der Waals surface area contributed by atoms with E-state index in [0.717, 1.165) is 6.07 Å². The van der Waals surface area contributed by atoms with Crippen LogP contribution >= 0.6 is 0 Å². The minimum atomic E-state index is -1.49. The first-order chi connectivity index (χ1) is 6.56. The third-order valence-corrected chi connectivity index (χ3v) is 1.78. The summed E-state index contributed by atoms with van der Waals surface area (Å²) < 4.78 is 26.1. The SMILES string of the molecule is NCCc1cc(F)c(C(=O)O)cc1F. The Hall–Kier alpha value is -1.49. The van der Waals surface area contributed by atoms with Crippen molar-refractivity contribution in [1.82, 2.24) is 0 Å². The Morgan fingerprint density at radius 1 is 1.36 bits per heavy atom. The fourth-order valence-corrected chi connectivity index (χ4v) is 1.10. The number of carbonyl (C=O) groups is 1. The summed E-state index contributed by atoms with van der Waals surface area (Å²) in [4.78, 5) is 10.4. The van der Waals surface area contributed by atoms with Gasteiger partial charge in [-0.05, 0) is 30.7 Å². The maximum Gasteiger partial charge on any atom is 0.338 e. The fourth-order valence-electron chi connectivity index (χ4n) is 1.10. The molecule has 5 heteroatoms. The van der Waals surface area contributed by atoms with Gasteiger partial charge in [-0.1, -0.05) is 0 Å². The number of halogens is 2. The van der Waals surface area contributed by atoms with Crippen LogP contribution in [0, 0.1) is 11.6 Å². The summed E-state index contributed by atoms with van der Waals surface area (Å²) in [5.41, 5.74) is 4.60. The van der Waals surface area contributed by atoms with Crippen molar-refractivity contribution in [3.63, 3.8) is 0 Å². The van der Waals surface area contributed by atoms with Crippen LogP contribution in [-0.2, 0) is 6.42 Å². The summed E-state index contributed by atoms with van der Waals surface area (Å²) in [5, 5.41) is 8.48. The first kappa shape index (κ1) is 10.6.